The number of nitrogens with zero attached hydrogens (tertiary/aromatic N) is 2. The number of hydrogen-bond acceptors (Lipinski definition) is 6. The van der Waals surface area contributed by atoms with Crippen molar-refractivity contribution in [3.8, 4) is 11.5 Å². The van der Waals surface area contributed by atoms with E-state index in [4.69, 9.17) is 9.47 Å². The Labute approximate surface area is 194 Å². The van der Waals surface area contributed by atoms with Gasteiger partial charge < -0.3 is 20.1 Å². The van der Waals surface area contributed by atoms with Crippen LogP contribution >= 0.6 is 11.8 Å². The highest BCUT2D eigenvalue weighted by Gasteiger charge is 2.25. The molecule has 2 aromatic carbocycles. The zero-order valence-corrected chi connectivity index (χ0v) is 18.8. The van der Waals surface area contributed by atoms with Gasteiger partial charge in [-0.2, -0.15) is 16.9 Å². The Morgan fingerprint density at radius 2 is 1.91 bits per heavy atom. The van der Waals surface area contributed by atoms with E-state index in [2.05, 4.69) is 15.7 Å². The van der Waals surface area contributed by atoms with Gasteiger partial charge in [-0.1, -0.05) is 24.3 Å². The van der Waals surface area contributed by atoms with Crippen LogP contribution in [0.5, 0.6) is 11.5 Å². The van der Waals surface area contributed by atoms with Crippen LogP contribution in [-0.2, 0) is 34.2 Å². The molecule has 2 N–H and O–H groups in total. The molecular weight excluding hydrogens is 447 g/mol. The van der Waals surface area contributed by atoms with Crippen molar-refractivity contribution in [2.24, 2.45) is 0 Å². The summed E-state index contributed by atoms with van der Waals surface area (Å²) in [5, 5.41) is 10.1. The predicted octanol–water partition coefficient (Wildman–Crippen LogP) is 3.11. The number of thioether (sulfide) groups is 1. The number of rotatable bonds is 9. The average Bonchev–Trinajstić information content (AvgIpc) is 3.40. The zero-order valence-electron chi connectivity index (χ0n) is 18.0. The van der Waals surface area contributed by atoms with Gasteiger partial charge >= 0.3 is 0 Å². The molecule has 0 radical (unpaired) electrons. The topological polar surface area (TPSA) is 94.5 Å². The Balaban J connectivity index is 1.37. The third kappa shape index (κ3) is 5.64. The molecule has 0 unspecified atom stereocenters. The molecule has 0 bridgehead atoms. The number of nitrogens with one attached hydrogen (secondary N) is 2. The first-order valence-electron chi connectivity index (χ1n) is 10.3. The molecule has 1 aromatic heterocycles. The lowest BCUT2D eigenvalue weighted by atomic mass is 10.2. The second-order valence-electron chi connectivity index (χ2n) is 7.32. The quantitative estimate of drug-likeness (QED) is 0.499. The van der Waals surface area contributed by atoms with Crippen LogP contribution in [0.25, 0.3) is 0 Å². The molecule has 33 heavy (non-hydrogen) atoms. The van der Waals surface area contributed by atoms with E-state index < -0.39 is 11.7 Å². The van der Waals surface area contributed by atoms with Crippen LogP contribution in [0.4, 0.5) is 10.2 Å². The summed E-state index contributed by atoms with van der Waals surface area (Å²) >= 11 is 1.68. The first kappa shape index (κ1) is 22.7. The summed E-state index contributed by atoms with van der Waals surface area (Å²) in [6.45, 7) is -0.0485. The largest absolute Gasteiger partial charge is 0.497 e. The summed E-state index contributed by atoms with van der Waals surface area (Å²) in [5.41, 5.74) is 2.66. The molecule has 1 aliphatic heterocycles. The van der Waals surface area contributed by atoms with E-state index >= 15 is 0 Å². The molecule has 0 saturated carbocycles. The smallest absolute Gasteiger partial charge is 0.263 e. The highest BCUT2D eigenvalue weighted by atomic mass is 32.2. The van der Waals surface area contributed by atoms with E-state index in [0.717, 1.165) is 22.6 Å². The van der Waals surface area contributed by atoms with Gasteiger partial charge in [-0.3, -0.25) is 9.59 Å². The number of ether oxygens (including phenoxy) is 2. The number of halogens is 1. The summed E-state index contributed by atoms with van der Waals surface area (Å²) < 4.78 is 25.6. The van der Waals surface area contributed by atoms with E-state index in [1.165, 1.54) is 16.8 Å². The van der Waals surface area contributed by atoms with Crippen LogP contribution in [0.3, 0.4) is 0 Å². The lowest BCUT2D eigenvalue weighted by molar-refractivity contribution is -0.122. The number of aromatic nitrogens is 2. The second-order valence-corrected chi connectivity index (χ2v) is 8.30. The highest BCUT2D eigenvalue weighted by Crippen LogP contribution is 2.34. The third-order valence-electron chi connectivity index (χ3n) is 5.01. The fourth-order valence-electron chi connectivity index (χ4n) is 3.33. The number of carbonyl (C=O) groups excluding carboxylic acids is 2. The van der Waals surface area contributed by atoms with Crippen molar-refractivity contribution < 1.29 is 23.5 Å². The summed E-state index contributed by atoms with van der Waals surface area (Å²) in [5.74, 6) is 1.37. The summed E-state index contributed by atoms with van der Waals surface area (Å²) in [6, 6.07) is 13.3. The summed E-state index contributed by atoms with van der Waals surface area (Å²) in [4.78, 5) is 25.0. The molecule has 2 heterocycles. The number of carbonyl (C=O) groups is 2. The number of benzene rings is 2. The number of hydrogen-bond donors (Lipinski definition) is 2. The van der Waals surface area contributed by atoms with Gasteiger partial charge in [0.25, 0.3) is 5.91 Å². The number of fused-ring (bicyclic) bond motifs is 1. The number of para-hydroxylation sites is 1. The van der Waals surface area contributed by atoms with Crippen molar-refractivity contribution in [1.82, 2.24) is 15.1 Å². The number of amides is 2. The van der Waals surface area contributed by atoms with Gasteiger partial charge in [-0.05, 0) is 29.8 Å². The maximum atomic E-state index is 13.7. The van der Waals surface area contributed by atoms with Gasteiger partial charge in [0.2, 0.25) is 5.91 Å². The molecule has 0 atom stereocenters. The van der Waals surface area contributed by atoms with Gasteiger partial charge in [-0.15, -0.1) is 0 Å². The predicted molar refractivity (Wildman–Crippen MR) is 123 cm³/mol. The molecule has 1 aliphatic rings. The van der Waals surface area contributed by atoms with Crippen molar-refractivity contribution in [1.29, 1.82) is 0 Å². The fourth-order valence-corrected chi connectivity index (χ4v) is 4.36. The molecule has 3 aromatic rings. The van der Waals surface area contributed by atoms with Crippen molar-refractivity contribution in [2.45, 2.75) is 24.6 Å². The van der Waals surface area contributed by atoms with Crippen molar-refractivity contribution in [2.75, 3.05) is 19.0 Å². The molecule has 0 aliphatic carbocycles. The van der Waals surface area contributed by atoms with Gasteiger partial charge in [0, 0.05) is 23.6 Å². The molecule has 0 saturated heterocycles. The Kier molecular flexibility index (Phi) is 7.13. The van der Waals surface area contributed by atoms with Crippen LogP contribution in [0.2, 0.25) is 0 Å². The van der Waals surface area contributed by atoms with Gasteiger partial charge in [0.1, 0.15) is 18.1 Å². The van der Waals surface area contributed by atoms with Crippen LogP contribution in [0.1, 0.15) is 16.8 Å². The Morgan fingerprint density at radius 1 is 1.12 bits per heavy atom. The van der Waals surface area contributed by atoms with E-state index in [9.17, 15) is 14.0 Å². The molecule has 0 spiro atoms. The van der Waals surface area contributed by atoms with Crippen LogP contribution in [0, 0.1) is 5.82 Å². The van der Waals surface area contributed by atoms with E-state index in [1.807, 2.05) is 24.3 Å². The minimum Gasteiger partial charge on any atom is -0.497 e. The third-order valence-corrected chi connectivity index (χ3v) is 5.98. The van der Waals surface area contributed by atoms with Crippen molar-refractivity contribution in [3.63, 3.8) is 0 Å². The Bertz CT molecular complexity index is 1150. The van der Waals surface area contributed by atoms with E-state index in [-0.39, 0.29) is 24.8 Å². The second kappa shape index (κ2) is 10.4. The maximum absolute atomic E-state index is 13.7. The first-order valence-corrected chi connectivity index (χ1v) is 11.4. The lowest BCUT2D eigenvalue weighted by Crippen LogP contribution is -2.29. The van der Waals surface area contributed by atoms with Gasteiger partial charge in [0.15, 0.2) is 18.2 Å². The SMILES string of the molecule is COc1ccc(CNC(=O)Cn2nc3c(c2NC(=O)COc2ccccc2F)CSC3)cc1. The monoisotopic (exact) mass is 470 g/mol. The zero-order chi connectivity index (χ0) is 23.2. The Hall–Kier alpha value is -3.53. The van der Waals surface area contributed by atoms with Crippen LogP contribution in [-0.4, -0.2) is 35.3 Å². The minimum absolute atomic E-state index is 0.000137. The first-order chi connectivity index (χ1) is 16.0. The van der Waals surface area contributed by atoms with Crippen molar-refractivity contribution in [3.05, 3.63) is 71.2 Å². The highest BCUT2D eigenvalue weighted by molar-refractivity contribution is 7.98. The fraction of sp³-hybridized carbons (Fsp3) is 0.261. The molecule has 2 amide bonds. The van der Waals surface area contributed by atoms with Crippen LogP contribution in [0.15, 0.2) is 48.5 Å². The summed E-state index contributed by atoms with van der Waals surface area (Å²) in [7, 11) is 1.60. The van der Waals surface area contributed by atoms with Crippen molar-refractivity contribution >= 4 is 29.4 Å². The van der Waals surface area contributed by atoms with Gasteiger partial charge in [0.05, 0.1) is 12.8 Å². The molecule has 172 valence electrons. The lowest BCUT2D eigenvalue weighted by Gasteiger charge is -2.12. The summed E-state index contributed by atoms with van der Waals surface area (Å²) in [6.07, 6.45) is 0. The Morgan fingerprint density at radius 3 is 2.67 bits per heavy atom. The molecule has 0 fully saturated rings. The molecule has 8 nitrogen and oxygen atoms in total. The molecule has 10 heteroatoms. The molecule has 4 rings (SSSR count). The minimum atomic E-state index is -0.541. The standard InChI is InChI=1S/C23H23FN4O4S/c1-31-16-8-6-15(7-9-16)10-25-21(29)11-28-23(17-13-33-14-19(17)27-28)26-22(30)12-32-20-5-3-2-4-18(20)24/h2-9H,10-14H2,1H3,(H,25,29)(H,26,30). The maximum Gasteiger partial charge on any atom is 0.263 e. The van der Waals surface area contributed by atoms with E-state index in [1.54, 1.807) is 31.0 Å². The number of anilines is 1. The average molecular weight is 471 g/mol. The van der Waals surface area contributed by atoms with Crippen LogP contribution < -0.4 is 20.1 Å². The normalized spacial score (nSPS) is 12.2. The van der Waals surface area contributed by atoms with Gasteiger partial charge in [-0.25, -0.2) is 9.07 Å². The molecular formula is C23H23FN4O4S. The number of methoxy groups -OCH3 is 1. The van der Waals surface area contributed by atoms with E-state index in [0.29, 0.717) is 23.9 Å².